The number of nitrogens with zero attached hydrogens (tertiary/aromatic N) is 1. The van der Waals surface area contributed by atoms with Crippen molar-refractivity contribution in [1.82, 2.24) is 10.2 Å². The Labute approximate surface area is 130 Å². The van der Waals surface area contributed by atoms with E-state index in [0.29, 0.717) is 6.04 Å². The van der Waals surface area contributed by atoms with Crippen LogP contribution in [0.1, 0.15) is 52.1 Å². The van der Waals surface area contributed by atoms with Gasteiger partial charge in [-0.2, -0.15) is 11.3 Å². The Balaban J connectivity index is 3.25. The standard InChI is InChI=1S/C15H27BrN2S/c1-6-15(7-2,18(8-3)9-4)14(17-5)12-10-19-11-13(12)16/h10-11,14,17H,6-9H2,1-5H3. The maximum Gasteiger partial charge on any atom is 0.0524 e. The van der Waals surface area contributed by atoms with Crippen LogP contribution in [0.25, 0.3) is 0 Å². The molecule has 1 heterocycles. The molecule has 2 nitrogen and oxygen atoms in total. The predicted octanol–water partition coefficient (Wildman–Crippen LogP) is 4.67. The molecule has 0 bridgehead atoms. The van der Waals surface area contributed by atoms with Crippen molar-refractivity contribution in [2.45, 2.75) is 52.1 Å². The summed E-state index contributed by atoms with van der Waals surface area (Å²) < 4.78 is 1.23. The minimum absolute atomic E-state index is 0.182. The summed E-state index contributed by atoms with van der Waals surface area (Å²) >= 11 is 5.47. The van der Waals surface area contributed by atoms with E-state index in [1.165, 1.54) is 10.0 Å². The molecule has 0 fully saturated rings. The van der Waals surface area contributed by atoms with Gasteiger partial charge >= 0.3 is 0 Å². The maximum absolute atomic E-state index is 3.70. The van der Waals surface area contributed by atoms with E-state index in [0.717, 1.165) is 25.9 Å². The Kier molecular flexibility index (Phi) is 7.01. The first kappa shape index (κ1) is 17.2. The van der Waals surface area contributed by atoms with Gasteiger partial charge < -0.3 is 5.32 Å². The molecule has 1 unspecified atom stereocenters. The van der Waals surface area contributed by atoms with E-state index in [-0.39, 0.29) is 5.54 Å². The summed E-state index contributed by atoms with van der Waals surface area (Å²) in [5.74, 6) is 0. The third-order valence-electron chi connectivity index (χ3n) is 4.40. The lowest BCUT2D eigenvalue weighted by Crippen LogP contribution is -2.55. The summed E-state index contributed by atoms with van der Waals surface area (Å²) in [6, 6.07) is 0.364. The monoisotopic (exact) mass is 346 g/mol. The fourth-order valence-electron chi connectivity index (χ4n) is 3.35. The average Bonchev–Trinajstić information content (AvgIpc) is 2.85. The van der Waals surface area contributed by atoms with Crippen molar-refractivity contribution >= 4 is 27.3 Å². The lowest BCUT2D eigenvalue weighted by Gasteiger charge is -2.48. The fraction of sp³-hybridized carbons (Fsp3) is 0.733. The zero-order valence-corrected chi connectivity index (χ0v) is 15.2. The second kappa shape index (κ2) is 7.77. The second-order valence-corrected chi connectivity index (χ2v) is 6.48. The molecule has 0 aromatic carbocycles. The lowest BCUT2D eigenvalue weighted by molar-refractivity contribution is 0.0514. The fourth-order valence-corrected chi connectivity index (χ4v) is 4.90. The second-order valence-electron chi connectivity index (χ2n) is 4.88. The SMILES string of the molecule is CCN(CC)C(CC)(CC)C(NC)c1cscc1Br. The van der Waals surface area contributed by atoms with Crippen molar-refractivity contribution in [3.8, 4) is 0 Å². The quantitative estimate of drug-likeness (QED) is 0.735. The molecule has 0 amide bonds. The summed E-state index contributed by atoms with van der Waals surface area (Å²) in [4.78, 5) is 2.61. The Morgan fingerprint density at radius 2 is 1.79 bits per heavy atom. The number of halogens is 1. The van der Waals surface area contributed by atoms with Crippen molar-refractivity contribution in [3.05, 3.63) is 20.8 Å². The Bertz CT molecular complexity index is 370. The smallest absolute Gasteiger partial charge is 0.0524 e. The van der Waals surface area contributed by atoms with E-state index in [1.54, 1.807) is 11.3 Å². The van der Waals surface area contributed by atoms with Gasteiger partial charge in [0.05, 0.1) is 6.04 Å². The van der Waals surface area contributed by atoms with Gasteiger partial charge in [-0.25, -0.2) is 0 Å². The van der Waals surface area contributed by atoms with Crippen LogP contribution < -0.4 is 5.32 Å². The van der Waals surface area contributed by atoms with E-state index in [1.807, 2.05) is 0 Å². The van der Waals surface area contributed by atoms with Crippen LogP contribution in [-0.4, -0.2) is 30.6 Å². The Hall–Kier alpha value is 0.100. The molecule has 4 heteroatoms. The zero-order chi connectivity index (χ0) is 14.5. The van der Waals surface area contributed by atoms with Gasteiger partial charge in [0.15, 0.2) is 0 Å². The molecule has 1 rings (SSSR count). The van der Waals surface area contributed by atoms with E-state index < -0.39 is 0 Å². The van der Waals surface area contributed by atoms with E-state index >= 15 is 0 Å². The largest absolute Gasteiger partial charge is 0.311 e. The molecule has 0 saturated heterocycles. The van der Waals surface area contributed by atoms with E-state index in [9.17, 15) is 0 Å². The third kappa shape index (κ3) is 3.23. The van der Waals surface area contributed by atoms with Crippen LogP contribution in [0.4, 0.5) is 0 Å². The van der Waals surface area contributed by atoms with E-state index in [2.05, 4.69) is 71.6 Å². The predicted molar refractivity (Wildman–Crippen MR) is 90.1 cm³/mol. The normalized spacial score (nSPS) is 14.1. The van der Waals surface area contributed by atoms with Gasteiger partial charge in [0.25, 0.3) is 0 Å². The van der Waals surface area contributed by atoms with Gasteiger partial charge in [0.2, 0.25) is 0 Å². The Morgan fingerprint density at radius 1 is 1.21 bits per heavy atom. The van der Waals surface area contributed by atoms with Gasteiger partial charge in [-0.05, 0) is 59.9 Å². The molecular formula is C15H27BrN2S. The molecule has 1 atom stereocenters. The first-order chi connectivity index (χ1) is 9.11. The average molecular weight is 347 g/mol. The van der Waals surface area contributed by atoms with Crippen molar-refractivity contribution < 1.29 is 0 Å². The summed E-state index contributed by atoms with van der Waals surface area (Å²) in [7, 11) is 2.08. The highest BCUT2D eigenvalue weighted by Gasteiger charge is 2.40. The summed E-state index contributed by atoms with van der Waals surface area (Å²) in [6.07, 6.45) is 2.30. The molecule has 110 valence electrons. The van der Waals surface area contributed by atoms with Gasteiger partial charge in [-0.15, -0.1) is 0 Å². The first-order valence-electron chi connectivity index (χ1n) is 7.25. The number of thiophene rings is 1. The number of hydrogen-bond acceptors (Lipinski definition) is 3. The van der Waals surface area contributed by atoms with Crippen molar-refractivity contribution in [2.75, 3.05) is 20.1 Å². The number of rotatable bonds is 8. The zero-order valence-electron chi connectivity index (χ0n) is 12.8. The first-order valence-corrected chi connectivity index (χ1v) is 8.98. The lowest BCUT2D eigenvalue weighted by atomic mass is 9.79. The van der Waals surface area contributed by atoms with Gasteiger partial charge in [-0.3, -0.25) is 4.90 Å². The van der Waals surface area contributed by atoms with Crippen LogP contribution >= 0.6 is 27.3 Å². The van der Waals surface area contributed by atoms with Gasteiger partial charge in [0.1, 0.15) is 0 Å². The summed E-state index contributed by atoms with van der Waals surface area (Å²) in [5.41, 5.74) is 1.57. The molecule has 0 spiro atoms. The van der Waals surface area contributed by atoms with Crippen molar-refractivity contribution in [2.24, 2.45) is 0 Å². The molecule has 1 N–H and O–H groups in total. The van der Waals surface area contributed by atoms with Crippen LogP contribution in [-0.2, 0) is 0 Å². The topological polar surface area (TPSA) is 15.3 Å². The minimum atomic E-state index is 0.182. The summed E-state index contributed by atoms with van der Waals surface area (Å²) in [5, 5.41) is 8.02. The van der Waals surface area contributed by atoms with Crippen molar-refractivity contribution in [1.29, 1.82) is 0 Å². The van der Waals surface area contributed by atoms with Crippen LogP contribution in [0.15, 0.2) is 15.2 Å². The summed E-state index contributed by atoms with van der Waals surface area (Å²) in [6.45, 7) is 11.3. The van der Waals surface area contributed by atoms with E-state index in [4.69, 9.17) is 0 Å². The molecule has 1 aromatic rings. The number of nitrogens with one attached hydrogen (secondary N) is 1. The third-order valence-corrected chi connectivity index (χ3v) is 6.15. The molecule has 0 aliphatic carbocycles. The van der Waals surface area contributed by atoms with Gasteiger partial charge in [-0.1, -0.05) is 27.7 Å². The molecule has 19 heavy (non-hydrogen) atoms. The highest BCUT2D eigenvalue weighted by Crippen LogP contribution is 2.40. The molecule has 0 aliphatic rings. The minimum Gasteiger partial charge on any atom is -0.311 e. The van der Waals surface area contributed by atoms with Crippen LogP contribution in [0.5, 0.6) is 0 Å². The highest BCUT2D eigenvalue weighted by atomic mass is 79.9. The van der Waals surface area contributed by atoms with Crippen LogP contribution in [0, 0.1) is 0 Å². The molecule has 0 saturated carbocycles. The van der Waals surface area contributed by atoms with Gasteiger partial charge in [0, 0.05) is 15.4 Å². The number of likely N-dealkylation sites (N-methyl/N-ethyl adjacent to an activating group) is 2. The molecule has 0 radical (unpaired) electrons. The highest BCUT2D eigenvalue weighted by molar-refractivity contribution is 9.10. The van der Waals surface area contributed by atoms with Crippen LogP contribution in [0.2, 0.25) is 0 Å². The molecular weight excluding hydrogens is 320 g/mol. The maximum atomic E-state index is 3.70. The van der Waals surface area contributed by atoms with Crippen LogP contribution in [0.3, 0.4) is 0 Å². The number of hydrogen-bond donors (Lipinski definition) is 1. The van der Waals surface area contributed by atoms with Crippen molar-refractivity contribution in [3.63, 3.8) is 0 Å². The Morgan fingerprint density at radius 3 is 2.11 bits per heavy atom. The molecule has 1 aromatic heterocycles. The molecule has 0 aliphatic heterocycles.